The van der Waals surface area contributed by atoms with Gasteiger partial charge in [0.2, 0.25) is 0 Å². The number of rotatable bonds is 7. The molecular formula is C29H35N3. The standard InChI is InChI=1S/C29H35N3/c1-31(22-24-11-15-30-16-12-24)29(19-23-7-3-2-4-8-23)25-13-17-32(18-14-25)28-20-26-9-5-6-10-27(26)21-28/h2-12,15-16,25,28-29H,13-14,17-22H2,1H3. The molecule has 3 nitrogen and oxygen atoms in total. The van der Waals surface area contributed by atoms with E-state index in [2.05, 4.69) is 88.6 Å². The lowest BCUT2D eigenvalue weighted by Crippen LogP contribution is -2.48. The summed E-state index contributed by atoms with van der Waals surface area (Å²) in [5, 5.41) is 0. The fourth-order valence-corrected chi connectivity index (χ4v) is 5.89. The van der Waals surface area contributed by atoms with Gasteiger partial charge in [-0.1, -0.05) is 54.6 Å². The number of benzene rings is 2. The Morgan fingerprint density at radius 1 is 0.844 bits per heavy atom. The van der Waals surface area contributed by atoms with Crippen LogP contribution in [-0.2, 0) is 25.8 Å². The Balaban J connectivity index is 1.25. The highest BCUT2D eigenvalue weighted by Gasteiger charge is 2.33. The topological polar surface area (TPSA) is 19.4 Å². The second kappa shape index (κ2) is 9.97. The zero-order chi connectivity index (χ0) is 21.8. The first-order chi connectivity index (χ1) is 15.8. The molecule has 0 N–H and O–H groups in total. The van der Waals surface area contributed by atoms with E-state index in [4.69, 9.17) is 0 Å². The van der Waals surface area contributed by atoms with Crippen LogP contribution in [0.15, 0.2) is 79.1 Å². The predicted molar refractivity (Wildman–Crippen MR) is 132 cm³/mol. The third-order valence-electron chi connectivity index (χ3n) is 7.70. The molecule has 5 rings (SSSR count). The van der Waals surface area contributed by atoms with Crippen LogP contribution in [0, 0.1) is 5.92 Å². The third kappa shape index (κ3) is 4.95. The van der Waals surface area contributed by atoms with Gasteiger partial charge in [0, 0.05) is 31.0 Å². The Kier molecular flexibility index (Phi) is 6.66. The van der Waals surface area contributed by atoms with Crippen LogP contribution in [0.3, 0.4) is 0 Å². The van der Waals surface area contributed by atoms with Gasteiger partial charge in [-0.05, 0) is 92.5 Å². The maximum absolute atomic E-state index is 4.19. The smallest absolute Gasteiger partial charge is 0.0271 e. The number of hydrogen-bond acceptors (Lipinski definition) is 3. The van der Waals surface area contributed by atoms with Gasteiger partial charge in [-0.15, -0.1) is 0 Å². The van der Waals surface area contributed by atoms with Crippen molar-refractivity contribution in [3.63, 3.8) is 0 Å². The van der Waals surface area contributed by atoms with Crippen molar-refractivity contribution in [2.75, 3.05) is 20.1 Å². The summed E-state index contributed by atoms with van der Waals surface area (Å²) in [5.74, 6) is 0.738. The average molecular weight is 426 g/mol. The normalized spacial score (nSPS) is 18.7. The number of likely N-dealkylation sites (tertiary alicyclic amines) is 1. The number of piperidine rings is 1. The molecule has 2 heterocycles. The summed E-state index contributed by atoms with van der Waals surface area (Å²) < 4.78 is 0. The van der Waals surface area contributed by atoms with E-state index in [9.17, 15) is 0 Å². The number of aromatic nitrogens is 1. The van der Waals surface area contributed by atoms with Crippen molar-refractivity contribution in [3.05, 3.63) is 101 Å². The van der Waals surface area contributed by atoms with E-state index in [0.29, 0.717) is 12.1 Å². The Labute approximate surface area is 193 Å². The van der Waals surface area contributed by atoms with Crippen molar-refractivity contribution in [1.82, 2.24) is 14.8 Å². The van der Waals surface area contributed by atoms with Gasteiger partial charge in [-0.2, -0.15) is 0 Å². The van der Waals surface area contributed by atoms with E-state index in [-0.39, 0.29) is 0 Å². The molecule has 32 heavy (non-hydrogen) atoms. The van der Waals surface area contributed by atoms with Gasteiger partial charge in [0.1, 0.15) is 0 Å². The van der Waals surface area contributed by atoms with Crippen LogP contribution in [0.2, 0.25) is 0 Å². The van der Waals surface area contributed by atoms with E-state index in [1.165, 1.54) is 49.9 Å². The van der Waals surface area contributed by atoms with Gasteiger partial charge in [0.15, 0.2) is 0 Å². The van der Waals surface area contributed by atoms with Gasteiger partial charge in [-0.3, -0.25) is 14.8 Å². The summed E-state index contributed by atoms with van der Waals surface area (Å²) in [5.41, 5.74) is 5.94. The fourth-order valence-electron chi connectivity index (χ4n) is 5.89. The van der Waals surface area contributed by atoms with Crippen molar-refractivity contribution in [2.24, 2.45) is 5.92 Å². The monoisotopic (exact) mass is 425 g/mol. The molecule has 166 valence electrons. The van der Waals surface area contributed by atoms with Gasteiger partial charge >= 0.3 is 0 Å². The molecule has 1 aliphatic carbocycles. The molecule has 0 radical (unpaired) electrons. The van der Waals surface area contributed by atoms with Crippen LogP contribution in [0.4, 0.5) is 0 Å². The van der Waals surface area contributed by atoms with Crippen LogP contribution < -0.4 is 0 Å². The fraction of sp³-hybridized carbons (Fsp3) is 0.414. The Hall–Kier alpha value is -2.49. The molecule has 1 saturated heterocycles. The van der Waals surface area contributed by atoms with Crippen LogP contribution in [0.5, 0.6) is 0 Å². The van der Waals surface area contributed by atoms with E-state index in [0.717, 1.165) is 18.9 Å². The summed E-state index contributed by atoms with van der Waals surface area (Å²) in [6.45, 7) is 3.45. The maximum atomic E-state index is 4.19. The minimum absolute atomic E-state index is 0.563. The summed E-state index contributed by atoms with van der Waals surface area (Å²) in [6.07, 6.45) is 10.0. The zero-order valence-electron chi connectivity index (χ0n) is 19.2. The van der Waals surface area contributed by atoms with Crippen LogP contribution in [0.1, 0.15) is 35.1 Å². The molecule has 1 atom stereocenters. The van der Waals surface area contributed by atoms with Crippen molar-refractivity contribution < 1.29 is 0 Å². The minimum Gasteiger partial charge on any atom is -0.300 e. The second-order valence-electron chi connectivity index (χ2n) is 9.73. The second-order valence-corrected chi connectivity index (χ2v) is 9.73. The molecule has 1 aromatic heterocycles. The maximum Gasteiger partial charge on any atom is 0.0271 e. The summed E-state index contributed by atoms with van der Waals surface area (Å²) in [4.78, 5) is 9.56. The van der Waals surface area contributed by atoms with Gasteiger partial charge < -0.3 is 0 Å². The van der Waals surface area contributed by atoms with Crippen LogP contribution in [-0.4, -0.2) is 47.0 Å². The Bertz CT molecular complexity index is 955. The van der Waals surface area contributed by atoms with Gasteiger partial charge in [0.05, 0.1) is 0 Å². The van der Waals surface area contributed by atoms with E-state index < -0.39 is 0 Å². The molecule has 0 amide bonds. The van der Waals surface area contributed by atoms with Crippen molar-refractivity contribution in [3.8, 4) is 0 Å². The number of hydrogen-bond donors (Lipinski definition) is 0. The van der Waals surface area contributed by atoms with Crippen molar-refractivity contribution >= 4 is 0 Å². The van der Waals surface area contributed by atoms with Crippen LogP contribution >= 0.6 is 0 Å². The first kappa shape index (κ1) is 21.4. The molecule has 1 aliphatic heterocycles. The largest absolute Gasteiger partial charge is 0.300 e. The molecule has 2 aliphatic rings. The lowest BCUT2D eigenvalue weighted by atomic mass is 9.84. The lowest BCUT2D eigenvalue weighted by molar-refractivity contribution is 0.0789. The summed E-state index contributed by atoms with van der Waals surface area (Å²) in [6, 6.07) is 25.7. The molecule has 3 aromatic rings. The predicted octanol–water partition coefficient (Wildman–Crippen LogP) is 5.00. The number of pyridine rings is 1. The molecule has 3 heteroatoms. The summed E-state index contributed by atoms with van der Waals surface area (Å²) >= 11 is 0. The molecule has 2 aromatic carbocycles. The van der Waals surface area contributed by atoms with Crippen LogP contribution in [0.25, 0.3) is 0 Å². The van der Waals surface area contributed by atoms with E-state index in [1.54, 1.807) is 11.1 Å². The Morgan fingerprint density at radius 3 is 2.12 bits per heavy atom. The number of nitrogens with zero attached hydrogens (tertiary/aromatic N) is 3. The zero-order valence-corrected chi connectivity index (χ0v) is 19.2. The lowest BCUT2D eigenvalue weighted by Gasteiger charge is -2.42. The van der Waals surface area contributed by atoms with Gasteiger partial charge in [0.25, 0.3) is 0 Å². The minimum atomic E-state index is 0.563. The van der Waals surface area contributed by atoms with Crippen molar-refractivity contribution in [1.29, 1.82) is 0 Å². The Morgan fingerprint density at radius 2 is 1.47 bits per heavy atom. The molecule has 0 saturated carbocycles. The highest BCUT2D eigenvalue weighted by Crippen LogP contribution is 2.32. The molecule has 0 bridgehead atoms. The van der Waals surface area contributed by atoms with E-state index >= 15 is 0 Å². The number of likely N-dealkylation sites (N-methyl/N-ethyl adjacent to an activating group) is 1. The molecule has 1 unspecified atom stereocenters. The SMILES string of the molecule is CN(Cc1ccncc1)C(Cc1ccccc1)C1CCN(C2Cc3ccccc3C2)CC1. The third-order valence-corrected chi connectivity index (χ3v) is 7.70. The highest BCUT2D eigenvalue weighted by atomic mass is 15.2. The highest BCUT2D eigenvalue weighted by molar-refractivity contribution is 5.33. The van der Waals surface area contributed by atoms with Gasteiger partial charge in [-0.25, -0.2) is 0 Å². The van der Waals surface area contributed by atoms with E-state index in [1.807, 2.05) is 12.4 Å². The number of fused-ring (bicyclic) bond motifs is 1. The average Bonchev–Trinajstić information content (AvgIpc) is 3.28. The first-order valence-electron chi connectivity index (χ1n) is 12.2. The quantitative estimate of drug-likeness (QED) is 0.531. The summed E-state index contributed by atoms with van der Waals surface area (Å²) in [7, 11) is 2.31. The van der Waals surface area contributed by atoms with Crippen molar-refractivity contribution in [2.45, 2.75) is 50.7 Å². The first-order valence-corrected chi connectivity index (χ1v) is 12.2. The molecule has 0 spiro atoms. The molecule has 1 fully saturated rings. The molecular weight excluding hydrogens is 390 g/mol.